The summed E-state index contributed by atoms with van der Waals surface area (Å²) in [6, 6.07) is 14.7. The first kappa shape index (κ1) is 20.2. The molecule has 0 amide bonds. The smallest absolute Gasteiger partial charge is 0.243 e. The van der Waals surface area contributed by atoms with Gasteiger partial charge in [0.1, 0.15) is 0 Å². The minimum absolute atomic E-state index is 0.00326. The number of aryl methyl sites for hydroxylation is 1. The second-order valence-corrected chi connectivity index (χ2v) is 9.96. The molecule has 0 spiro atoms. The first-order valence-electron chi connectivity index (χ1n) is 9.04. The molecule has 0 radical (unpaired) electrons. The molecular formula is C21H25N3O3S. The third kappa shape index (κ3) is 4.31. The molecule has 3 rings (SSSR count). The summed E-state index contributed by atoms with van der Waals surface area (Å²) >= 11 is 0. The lowest BCUT2D eigenvalue weighted by atomic mass is 9.87. The third-order valence-electron chi connectivity index (χ3n) is 4.56. The number of rotatable bonds is 5. The lowest BCUT2D eigenvalue weighted by Gasteiger charge is -2.18. The van der Waals surface area contributed by atoms with Crippen molar-refractivity contribution in [3.8, 4) is 11.4 Å². The lowest BCUT2D eigenvalue weighted by Crippen LogP contribution is -2.26. The molecule has 6 nitrogen and oxygen atoms in total. The van der Waals surface area contributed by atoms with E-state index < -0.39 is 10.0 Å². The number of benzene rings is 2. The maximum atomic E-state index is 12.7. The molecule has 2 aromatic carbocycles. The molecule has 0 aliphatic carbocycles. The van der Waals surface area contributed by atoms with Gasteiger partial charge in [-0.15, -0.1) is 0 Å². The molecule has 7 heteroatoms. The first-order chi connectivity index (χ1) is 13.1. The van der Waals surface area contributed by atoms with E-state index in [4.69, 9.17) is 4.52 Å². The van der Waals surface area contributed by atoms with Crippen LogP contribution in [-0.2, 0) is 22.0 Å². The first-order valence-corrected chi connectivity index (χ1v) is 10.5. The molecule has 0 atom stereocenters. The third-order valence-corrected chi connectivity index (χ3v) is 6.38. The lowest BCUT2D eigenvalue weighted by molar-refractivity contribution is 0.337. The van der Waals surface area contributed by atoms with Crippen molar-refractivity contribution in [1.29, 1.82) is 0 Å². The highest BCUT2D eigenvalue weighted by Crippen LogP contribution is 2.25. The summed E-state index contributed by atoms with van der Waals surface area (Å²) in [4.78, 5) is 4.58. The molecule has 0 aliphatic rings. The molecule has 0 aliphatic heterocycles. The average molecular weight is 400 g/mol. The highest BCUT2D eigenvalue weighted by molar-refractivity contribution is 7.89. The van der Waals surface area contributed by atoms with Crippen molar-refractivity contribution in [1.82, 2.24) is 14.4 Å². The fraction of sp³-hybridized carbons (Fsp3) is 0.333. The minimum Gasteiger partial charge on any atom is -0.338 e. The van der Waals surface area contributed by atoms with Crippen LogP contribution in [0.2, 0.25) is 0 Å². The number of sulfonamides is 1. The van der Waals surface area contributed by atoms with E-state index in [1.54, 1.807) is 24.3 Å². The molecule has 148 valence electrons. The Morgan fingerprint density at radius 2 is 1.61 bits per heavy atom. The van der Waals surface area contributed by atoms with Crippen molar-refractivity contribution in [2.45, 2.75) is 44.6 Å². The van der Waals surface area contributed by atoms with Crippen LogP contribution in [0.25, 0.3) is 11.4 Å². The Kier molecular flexibility index (Phi) is 5.41. The summed E-state index contributed by atoms with van der Waals surface area (Å²) in [5, 5.41) is 3.99. The van der Waals surface area contributed by atoms with Gasteiger partial charge in [0.25, 0.3) is 0 Å². The van der Waals surface area contributed by atoms with E-state index in [-0.39, 0.29) is 22.7 Å². The van der Waals surface area contributed by atoms with Gasteiger partial charge in [0.05, 0.1) is 11.4 Å². The molecule has 3 aromatic rings. The van der Waals surface area contributed by atoms with Crippen LogP contribution < -0.4 is 0 Å². The Morgan fingerprint density at radius 1 is 1.00 bits per heavy atom. The number of aromatic nitrogens is 2. The Hall–Kier alpha value is -2.51. The average Bonchev–Trinajstić information content (AvgIpc) is 3.10. The monoisotopic (exact) mass is 399 g/mol. The highest BCUT2D eigenvalue weighted by atomic mass is 32.2. The summed E-state index contributed by atoms with van der Waals surface area (Å²) < 4.78 is 31.9. The van der Waals surface area contributed by atoms with Crippen LogP contribution in [0.1, 0.15) is 37.8 Å². The summed E-state index contributed by atoms with van der Waals surface area (Å²) in [5.74, 6) is 0.685. The summed E-state index contributed by atoms with van der Waals surface area (Å²) in [7, 11) is -2.13. The fourth-order valence-electron chi connectivity index (χ4n) is 2.72. The standard InChI is InChI=1S/C21H25N3O3S/c1-15-6-12-18(13-7-15)28(25,26)24(5)14-19-22-20(23-27-19)16-8-10-17(11-9-16)21(2,3)4/h6-13H,14H2,1-5H3. The van der Waals surface area contributed by atoms with E-state index in [0.29, 0.717) is 5.82 Å². The molecule has 0 saturated carbocycles. The van der Waals surface area contributed by atoms with Crippen LogP contribution in [0.3, 0.4) is 0 Å². The maximum Gasteiger partial charge on any atom is 0.243 e. The van der Waals surface area contributed by atoms with Crippen molar-refractivity contribution in [3.63, 3.8) is 0 Å². The Bertz CT molecular complexity index is 1050. The second kappa shape index (κ2) is 7.48. The highest BCUT2D eigenvalue weighted by Gasteiger charge is 2.23. The number of hydrogen-bond donors (Lipinski definition) is 0. The van der Waals surface area contributed by atoms with Gasteiger partial charge in [-0.3, -0.25) is 0 Å². The van der Waals surface area contributed by atoms with Gasteiger partial charge >= 0.3 is 0 Å². The van der Waals surface area contributed by atoms with Gasteiger partial charge in [-0.1, -0.05) is 67.9 Å². The minimum atomic E-state index is -3.63. The van der Waals surface area contributed by atoms with Crippen molar-refractivity contribution >= 4 is 10.0 Å². The van der Waals surface area contributed by atoms with Gasteiger partial charge in [0, 0.05) is 12.6 Å². The van der Waals surface area contributed by atoms with E-state index in [0.717, 1.165) is 11.1 Å². The molecule has 1 heterocycles. The van der Waals surface area contributed by atoms with E-state index >= 15 is 0 Å². The van der Waals surface area contributed by atoms with Crippen LogP contribution in [0.4, 0.5) is 0 Å². The predicted octanol–water partition coefficient (Wildman–Crippen LogP) is 4.16. The van der Waals surface area contributed by atoms with E-state index in [1.165, 1.54) is 16.9 Å². The predicted molar refractivity (Wildman–Crippen MR) is 108 cm³/mol. The van der Waals surface area contributed by atoms with Gasteiger partial charge in [0.2, 0.25) is 21.7 Å². The van der Waals surface area contributed by atoms with Crippen molar-refractivity contribution in [3.05, 3.63) is 65.5 Å². The van der Waals surface area contributed by atoms with Crippen LogP contribution in [-0.4, -0.2) is 29.9 Å². The topological polar surface area (TPSA) is 76.3 Å². The van der Waals surface area contributed by atoms with Crippen LogP contribution in [0, 0.1) is 6.92 Å². The zero-order chi connectivity index (χ0) is 20.5. The second-order valence-electron chi connectivity index (χ2n) is 7.91. The van der Waals surface area contributed by atoms with Crippen LogP contribution in [0.15, 0.2) is 57.9 Å². The Labute approximate surface area is 166 Å². The Morgan fingerprint density at radius 3 is 2.18 bits per heavy atom. The van der Waals surface area contributed by atoms with Gasteiger partial charge < -0.3 is 4.52 Å². The van der Waals surface area contributed by atoms with E-state index in [9.17, 15) is 8.42 Å². The van der Waals surface area contributed by atoms with Gasteiger partial charge in [0.15, 0.2) is 0 Å². The van der Waals surface area contributed by atoms with Crippen molar-refractivity contribution in [2.75, 3.05) is 7.05 Å². The summed E-state index contributed by atoms with van der Waals surface area (Å²) in [6.07, 6.45) is 0. The zero-order valence-electron chi connectivity index (χ0n) is 16.8. The van der Waals surface area contributed by atoms with Gasteiger partial charge in [-0.25, -0.2) is 8.42 Å². The quantitative estimate of drug-likeness (QED) is 0.644. The molecule has 0 saturated heterocycles. The molecular weight excluding hydrogens is 374 g/mol. The molecule has 0 bridgehead atoms. The SMILES string of the molecule is Cc1ccc(S(=O)(=O)N(C)Cc2nc(-c3ccc(C(C)(C)C)cc3)no2)cc1. The fourth-order valence-corrected chi connectivity index (χ4v) is 3.84. The molecule has 0 fully saturated rings. The van der Waals surface area contributed by atoms with E-state index in [2.05, 4.69) is 30.9 Å². The molecule has 1 aromatic heterocycles. The van der Waals surface area contributed by atoms with Crippen molar-refractivity contribution in [2.24, 2.45) is 0 Å². The van der Waals surface area contributed by atoms with Gasteiger partial charge in [-0.2, -0.15) is 9.29 Å². The number of hydrogen-bond acceptors (Lipinski definition) is 5. The summed E-state index contributed by atoms with van der Waals surface area (Å²) in [6.45, 7) is 8.37. The van der Waals surface area contributed by atoms with E-state index in [1.807, 2.05) is 31.2 Å². The zero-order valence-corrected chi connectivity index (χ0v) is 17.6. The Balaban J connectivity index is 1.76. The largest absolute Gasteiger partial charge is 0.338 e. The molecule has 0 N–H and O–H groups in total. The molecule has 28 heavy (non-hydrogen) atoms. The maximum absolute atomic E-state index is 12.7. The number of nitrogens with zero attached hydrogens (tertiary/aromatic N) is 3. The van der Waals surface area contributed by atoms with Crippen LogP contribution in [0.5, 0.6) is 0 Å². The van der Waals surface area contributed by atoms with Crippen LogP contribution >= 0.6 is 0 Å². The van der Waals surface area contributed by atoms with Crippen molar-refractivity contribution < 1.29 is 12.9 Å². The van der Waals surface area contributed by atoms with Gasteiger partial charge in [-0.05, 0) is 30.0 Å². The summed E-state index contributed by atoms with van der Waals surface area (Å²) in [5.41, 5.74) is 3.10. The molecule has 0 unspecified atom stereocenters. The normalized spacial score (nSPS) is 12.5.